The van der Waals surface area contributed by atoms with E-state index in [-0.39, 0.29) is 47.4 Å². The van der Waals surface area contributed by atoms with E-state index in [2.05, 4.69) is 24.1 Å². The van der Waals surface area contributed by atoms with Crippen LogP contribution < -0.4 is 10.9 Å². The molecule has 3 aromatic rings. The first-order valence-corrected chi connectivity index (χ1v) is 9.91. The van der Waals surface area contributed by atoms with Crippen molar-refractivity contribution in [2.45, 2.75) is 46.6 Å². The summed E-state index contributed by atoms with van der Waals surface area (Å²) in [4.78, 5) is 42.0. The molecule has 2 aromatic heterocycles. The molecule has 158 valence electrons. The van der Waals surface area contributed by atoms with E-state index in [1.807, 2.05) is 24.3 Å². The summed E-state index contributed by atoms with van der Waals surface area (Å²) in [7, 11) is 0. The fourth-order valence-corrected chi connectivity index (χ4v) is 3.30. The third-order valence-corrected chi connectivity index (χ3v) is 5.03. The molecule has 8 nitrogen and oxygen atoms in total. The van der Waals surface area contributed by atoms with Crippen molar-refractivity contribution in [3.8, 4) is 0 Å². The smallest absolute Gasteiger partial charge is 0.342 e. The zero-order valence-corrected chi connectivity index (χ0v) is 17.5. The average Bonchev–Trinajstić information content (AvgIpc) is 3.07. The fourth-order valence-electron chi connectivity index (χ4n) is 3.30. The number of hydrogen-bond acceptors (Lipinski definition) is 6. The van der Waals surface area contributed by atoms with E-state index in [0.717, 1.165) is 16.6 Å². The molecule has 0 unspecified atom stereocenters. The summed E-state index contributed by atoms with van der Waals surface area (Å²) in [6, 6.07) is 7.59. The number of anilines is 1. The molecule has 30 heavy (non-hydrogen) atoms. The number of aryl methyl sites for hydroxylation is 1. The Kier molecular flexibility index (Phi) is 6.34. The number of carbonyl (C=O) groups is 2. The molecule has 1 N–H and O–H groups in total. The Balaban J connectivity index is 1.91. The molecular weight excluding hydrogens is 386 g/mol. The van der Waals surface area contributed by atoms with Crippen LogP contribution in [0.4, 0.5) is 5.69 Å². The summed E-state index contributed by atoms with van der Waals surface area (Å²) in [5, 5.41) is 2.89. The van der Waals surface area contributed by atoms with Gasteiger partial charge in [0.15, 0.2) is 0 Å². The van der Waals surface area contributed by atoms with Crippen molar-refractivity contribution in [3.05, 3.63) is 57.8 Å². The van der Waals surface area contributed by atoms with Crippen LogP contribution in [0.3, 0.4) is 0 Å². The number of para-hydroxylation sites is 1. The SMILES string of the molecule is CCOC(=O)c1c(C)oc2ncn(CC(=O)Nc3ccccc3[C@@H](C)CC)c(=O)c12. The van der Waals surface area contributed by atoms with E-state index in [1.54, 1.807) is 13.8 Å². The first-order valence-electron chi connectivity index (χ1n) is 9.91. The first-order chi connectivity index (χ1) is 14.4. The summed E-state index contributed by atoms with van der Waals surface area (Å²) in [5.41, 5.74) is 1.29. The number of benzene rings is 1. The maximum Gasteiger partial charge on any atom is 0.342 e. The average molecular weight is 411 g/mol. The molecule has 0 aliphatic heterocycles. The standard InChI is InChI=1S/C22H25N3O5/c1-5-13(3)15-9-7-8-10-16(15)24-17(26)11-25-12-23-20-19(21(25)27)18(14(4)30-20)22(28)29-6-2/h7-10,12-13H,5-6,11H2,1-4H3,(H,24,26)/t13-/m0/s1. The van der Waals surface area contributed by atoms with Gasteiger partial charge >= 0.3 is 5.97 Å². The minimum atomic E-state index is -0.655. The molecule has 0 aliphatic carbocycles. The molecule has 0 spiro atoms. The number of ether oxygens (including phenoxy) is 1. The normalized spacial score (nSPS) is 12.0. The Labute approximate surface area is 173 Å². The van der Waals surface area contributed by atoms with Crippen LogP contribution in [-0.2, 0) is 16.1 Å². The highest BCUT2D eigenvalue weighted by Crippen LogP contribution is 2.26. The van der Waals surface area contributed by atoms with Gasteiger partial charge in [-0.2, -0.15) is 0 Å². The number of amides is 1. The van der Waals surface area contributed by atoms with Gasteiger partial charge in [0, 0.05) is 5.69 Å². The zero-order chi connectivity index (χ0) is 21.8. The summed E-state index contributed by atoms with van der Waals surface area (Å²) < 4.78 is 11.6. The van der Waals surface area contributed by atoms with Gasteiger partial charge in [-0.25, -0.2) is 9.78 Å². The number of fused-ring (bicyclic) bond motifs is 1. The number of furan rings is 1. The second-order valence-electron chi connectivity index (χ2n) is 7.06. The third-order valence-electron chi connectivity index (χ3n) is 5.03. The number of hydrogen-bond donors (Lipinski definition) is 1. The van der Waals surface area contributed by atoms with E-state index in [1.165, 1.54) is 6.33 Å². The second-order valence-corrected chi connectivity index (χ2v) is 7.06. The van der Waals surface area contributed by atoms with Crippen molar-refractivity contribution < 1.29 is 18.7 Å². The van der Waals surface area contributed by atoms with Gasteiger partial charge in [-0.3, -0.25) is 14.2 Å². The lowest BCUT2D eigenvalue weighted by Crippen LogP contribution is -2.28. The molecule has 3 rings (SSSR count). The van der Waals surface area contributed by atoms with Crippen LogP contribution in [0.2, 0.25) is 0 Å². The Morgan fingerprint density at radius 1 is 1.27 bits per heavy atom. The number of esters is 1. The lowest BCUT2D eigenvalue weighted by Gasteiger charge is -2.15. The van der Waals surface area contributed by atoms with Gasteiger partial charge in [-0.05, 0) is 37.8 Å². The first kappa shape index (κ1) is 21.3. The largest absolute Gasteiger partial charge is 0.462 e. The van der Waals surface area contributed by atoms with Crippen molar-refractivity contribution in [3.63, 3.8) is 0 Å². The van der Waals surface area contributed by atoms with E-state index >= 15 is 0 Å². The molecule has 8 heteroatoms. The van der Waals surface area contributed by atoms with Gasteiger partial charge in [0.2, 0.25) is 11.6 Å². The van der Waals surface area contributed by atoms with E-state index in [4.69, 9.17) is 9.15 Å². The predicted octanol–water partition coefficient (Wildman–Crippen LogP) is 3.63. The summed E-state index contributed by atoms with van der Waals surface area (Å²) in [6.07, 6.45) is 2.17. The van der Waals surface area contributed by atoms with Gasteiger partial charge in [-0.15, -0.1) is 0 Å². The Hall–Kier alpha value is -3.42. The van der Waals surface area contributed by atoms with Gasteiger partial charge in [0.05, 0.1) is 6.61 Å². The van der Waals surface area contributed by atoms with Crippen LogP contribution in [0.5, 0.6) is 0 Å². The van der Waals surface area contributed by atoms with E-state index < -0.39 is 11.5 Å². The van der Waals surface area contributed by atoms with Crippen molar-refractivity contribution in [2.24, 2.45) is 0 Å². The molecule has 0 aliphatic rings. The van der Waals surface area contributed by atoms with Gasteiger partial charge in [0.1, 0.15) is 29.6 Å². The number of rotatable bonds is 7. The molecule has 1 atom stereocenters. The van der Waals surface area contributed by atoms with Crippen LogP contribution in [0.25, 0.3) is 11.1 Å². The van der Waals surface area contributed by atoms with Crippen molar-refractivity contribution in [2.75, 3.05) is 11.9 Å². The fraction of sp³-hybridized carbons (Fsp3) is 0.364. The van der Waals surface area contributed by atoms with Gasteiger partial charge in [-0.1, -0.05) is 32.0 Å². The maximum absolute atomic E-state index is 13.0. The van der Waals surface area contributed by atoms with Crippen molar-refractivity contribution >= 4 is 28.7 Å². The monoisotopic (exact) mass is 411 g/mol. The quantitative estimate of drug-likeness (QED) is 0.596. The highest BCUT2D eigenvalue weighted by molar-refractivity contribution is 6.03. The molecule has 1 aromatic carbocycles. The third kappa shape index (κ3) is 4.12. The van der Waals surface area contributed by atoms with Crippen molar-refractivity contribution in [1.29, 1.82) is 0 Å². The lowest BCUT2D eigenvalue weighted by molar-refractivity contribution is -0.116. The Bertz CT molecular complexity index is 1150. The molecule has 0 radical (unpaired) electrons. The number of nitrogens with one attached hydrogen (secondary N) is 1. The molecule has 0 saturated heterocycles. The summed E-state index contributed by atoms with van der Waals surface area (Å²) in [6.45, 7) is 7.33. The molecule has 0 saturated carbocycles. The van der Waals surface area contributed by atoms with E-state index in [9.17, 15) is 14.4 Å². The van der Waals surface area contributed by atoms with E-state index in [0.29, 0.717) is 5.69 Å². The number of nitrogens with zero attached hydrogens (tertiary/aromatic N) is 2. The topological polar surface area (TPSA) is 103 Å². The van der Waals surface area contributed by atoms with Crippen LogP contribution in [-0.4, -0.2) is 28.0 Å². The summed E-state index contributed by atoms with van der Waals surface area (Å²) in [5.74, 6) is -0.495. The van der Waals surface area contributed by atoms with Gasteiger partial charge in [0.25, 0.3) is 5.56 Å². The molecule has 0 fully saturated rings. The maximum atomic E-state index is 13.0. The molecule has 1 amide bonds. The lowest BCUT2D eigenvalue weighted by atomic mass is 9.97. The van der Waals surface area contributed by atoms with Crippen LogP contribution >= 0.6 is 0 Å². The van der Waals surface area contributed by atoms with Crippen LogP contribution in [0.15, 0.2) is 39.8 Å². The zero-order valence-electron chi connectivity index (χ0n) is 17.5. The second kappa shape index (κ2) is 8.94. The van der Waals surface area contributed by atoms with Crippen LogP contribution in [0.1, 0.15) is 54.8 Å². The highest BCUT2D eigenvalue weighted by Gasteiger charge is 2.24. The van der Waals surface area contributed by atoms with Gasteiger partial charge < -0.3 is 14.5 Å². The van der Waals surface area contributed by atoms with Crippen LogP contribution in [0, 0.1) is 6.92 Å². The molecular formula is C22H25N3O5. The number of carbonyl (C=O) groups excluding carboxylic acids is 2. The highest BCUT2D eigenvalue weighted by atomic mass is 16.5. The molecule has 2 heterocycles. The number of aromatic nitrogens is 2. The Morgan fingerprint density at radius 3 is 2.70 bits per heavy atom. The predicted molar refractivity (Wildman–Crippen MR) is 113 cm³/mol. The Morgan fingerprint density at radius 2 is 2.00 bits per heavy atom. The van der Waals surface area contributed by atoms with Crippen molar-refractivity contribution in [1.82, 2.24) is 9.55 Å². The minimum Gasteiger partial charge on any atom is -0.462 e. The minimum absolute atomic E-state index is 0.0151. The molecule has 0 bridgehead atoms. The summed E-state index contributed by atoms with van der Waals surface area (Å²) >= 11 is 0.